The van der Waals surface area contributed by atoms with E-state index in [9.17, 15) is 0 Å². The zero-order valence-corrected chi connectivity index (χ0v) is 7.85. The Bertz CT molecular complexity index is 256. The van der Waals surface area contributed by atoms with Gasteiger partial charge in [0.05, 0.1) is 6.34 Å². The molecule has 60 valence electrons. The van der Waals surface area contributed by atoms with Crippen molar-refractivity contribution in [2.45, 2.75) is 0 Å². The maximum Gasteiger partial charge on any atom is 0.211 e. The predicted octanol–water partition coefficient (Wildman–Crippen LogP) is 2.02. The quantitative estimate of drug-likeness (QED) is 0.526. The minimum Gasteiger partial charge on any atom is -0.369 e. The average molecular weight is 190 g/mol. The van der Waals surface area contributed by atoms with Crippen molar-refractivity contribution in [1.29, 1.82) is 0 Å². The molecule has 1 aromatic rings. The summed E-state index contributed by atoms with van der Waals surface area (Å²) < 4.78 is 0. The van der Waals surface area contributed by atoms with Crippen molar-refractivity contribution in [3.63, 3.8) is 0 Å². The predicted molar refractivity (Wildman–Crippen MR) is 49.0 cm³/mol. The zero-order chi connectivity index (χ0) is 8.27. The highest BCUT2D eigenvalue weighted by Crippen LogP contribution is 2.20. The SMILES string of the molecule is CN(C)C=Nc1nc(Cl)cs1. The van der Waals surface area contributed by atoms with Gasteiger partial charge in [0, 0.05) is 19.5 Å². The van der Waals surface area contributed by atoms with Crippen LogP contribution in [0.25, 0.3) is 0 Å². The van der Waals surface area contributed by atoms with Gasteiger partial charge in [-0.25, -0.2) is 9.98 Å². The zero-order valence-electron chi connectivity index (χ0n) is 6.28. The van der Waals surface area contributed by atoms with E-state index in [-0.39, 0.29) is 0 Å². The molecule has 0 N–H and O–H groups in total. The average Bonchev–Trinajstić information content (AvgIpc) is 2.31. The first-order chi connectivity index (χ1) is 5.18. The topological polar surface area (TPSA) is 28.5 Å². The Hall–Kier alpha value is -0.610. The maximum atomic E-state index is 5.59. The molecule has 0 aliphatic carbocycles. The fourth-order valence-electron chi connectivity index (χ4n) is 0.470. The number of hydrogen-bond acceptors (Lipinski definition) is 3. The summed E-state index contributed by atoms with van der Waals surface area (Å²) in [5.41, 5.74) is 0. The van der Waals surface area contributed by atoms with Gasteiger partial charge in [0.1, 0.15) is 5.15 Å². The van der Waals surface area contributed by atoms with Crippen LogP contribution in [-0.2, 0) is 0 Å². The van der Waals surface area contributed by atoms with Crippen molar-refractivity contribution in [3.05, 3.63) is 10.5 Å². The Kier molecular flexibility index (Phi) is 2.84. The van der Waals surface area contributed by atoms with Crippen LogP contribution in [0.4, 0.5) is 5.13 Å². The van der Waals surface area contributed by atoms with E-state index in [0.717, 1.165) is 0 Å². The summed E-state index contributed by atoms with van der Waals surface area (Å²) in [6.07, 6.45) is 1.69. The lowest BCUT2D eigenvalue weighted by Gasteiger charge is -1.99. The van der Waals surface area contributed by atoms with E-state index in [0.29, 0.717) is 10.3 Å². The molecule has 1 rings (SSSR count). The first-order valence-corrected chi connectivity index (χ1v) is 4.26. The van der Waals surface area contributed by atoms with Crippen molar-refractivity contribution in [1.82, 2.24) is 9.88 Å². The van der Waals surface area contributed by atoms with E-state index in [2.05, 4.69) is 9.98 Å². The van der Waals surface area contributed by atoms with Gasteiger partial charge < -0.3 is 4.90 Å². The Morgan fingerprint density at radius 3 is 2.91 bits per heavy atom. The standard InChI is InChI=1S/C6H8ClN3S/c1-10(2)4-8-6-9-5(7)3-11-6/h3-4H,1-2H3. The van der Waals surface area contributed by atoms with Crippen LogP contribution in [0.3, 0.4) is 0 Å². The van der Waals surface area contributed by atoms with Crippen LogP contribution in [0.5, 0.6) is 0 Å². The fourth-order valence-corrected chi connectivity index (χ4v) is 1.25. The molecule has 0 atom stereocenters. The second-order valence-electron chi connectivity index (χ2n) is 2.16. The Morgan fingerprint density at radius 2 is 2.45 bits per heavy atom. The molecule has 0 aliphatic heterocycles. The summed E-state index contributed by atoms with van der Waals surface area (Å²) in [5.74, 6) is 0. The molecule has 0 radical (unpaired) electrons. The first kappa shape index (κ1) is 8.49. The first-order valence-electron chi connectivity index (χ1n) is 3.00. The summed E-state index contributed by atoms with van der Waals surface area (Å²) in [4.78, 5) is 9.84. The van der Waals surface area contributed by atoms with Crippen molar-refractivity contribution < 1.29 is 0 Å². The largest absolute Gasteiger partial charge is 0.369 e. The second kappa shape index (κ2) is 3.69. The number of aliphatic imine (C=N–C) groups is 1. The van der Waals surface area contributed by atoms with Gasteiger partial charge in [0.15, 0.2) is 0 Å². The maximum absolute atomic E-state index is 5.59. The van der Waals surface area contributed by atoms with Crippen LogP contribution in [0.2, 0.25) is 5.15 Å². The Labute approximate surface area is 74.3 Å². The lowest BCUT2D eigenvalue weighted by Crippen LogP contribution is -2.06. The lowest BCUT2D eigenvalue weighted by molar-refractivity contribution is 0.643. The van der Waals surface area contributed by atoms with E-state index < -0.39 is 0 Å². The van der Waals surface area contributed by atoms with Gasteiger partial charge in [-0.15, -0.1) is 11.3 Å². The van der Waals surface area contributed by atoms with Gasteiger partial charge in [0.2, 0.25) is 5.13 Å². The Balaban J connectivity index is 2.64. The van der Waals surface area contributed by atoms with Crippen LogP contribution >= 0.6 is 22.9 Å². The minimum absolute atomic E-state index is 0.501. The monoisotopic (exact) mass is 189 g/mol. The molecule has 0 amide bonds. The molecule has 0 unspecified atom stereocenters. The molecular weight excluding hydrogens is 182 g/mol. The van der Waals surface area contributed by atoms with E-state index >= 15 is 0 Å². The van der Waals surface area contributed by atoms with Gasteiger partial charge in [-0.3, -0.25) is 0 Å². The third-order valence-corrected chi connectivity index (χ3v) is 1.93. The van der Waals surface area contributed by atoms with Gasteiger partial charge in [0.25, 0.3) is 0 Å². The van der Waals surface area contributed by atoms with Gasteiger partial charge in [-0.1, -0.05) is 11.6 Å². The third kappa shape index (κ3) is 2.86. The van der Waals surface area contributed by atoms with Crippen molar-refractivity contribution >= 4 is 34.4 Å². The molecule has 3 nitrogen and oxygen atoms in total. The molecule has 1 aromatic heterocycles. The van der Waals surface area contributed by atoms with Crippen molar-refractivity contribution in [3.8, 4) is 0 Å². The van der Waals surface area contributed by atoms with E-state index in [1.807, 2.05) is 19.0 Å². The molecule has 5 heteroatoms. The summed E-state index contributed by atoms with van der Waals surface area (Å²) in [6.45, 7) is 0. The van der Waals surface area contributed by atoms with Gasteiger partial charge in [-0.05, 0) is 0 Å². The summed E-state index contributed by atoms with van der Waals surface area (Å²) >= 11 is 7.01. The molecule has 11 heavy (non-hydrogen) atoms. The number of halogens is 1. The van der Waals surface area contributed by atoms with Gasteiger partial charge in [-0.2, -0.15) is 0 Å². The van der Waals surface area contributed by atoms with E-state index in [1.165, 1.54) is 11.3 Å². The molecule has 1 heterocycles. The van der Waals surface area contributed by atoms with Crippen molar-refractivity contribution in [2.24, 2.45) is 4.99 Å². The van der Waals surface area contributed by atoms with Crippen molar-refractivity contribution in [2.75, 3.05) is 14.1 Å². The van der Waals surface area contributed by atoms with Gasteiger partial charge >= 0.3 is 0 Å². The van der Waals surface area contributed by atoms with Crippen LogP contribution in [-0.4, -0.2) is 30.3 Å². The van der Waals surface area contributed by atoms with Crippen LogP contribution in [0.1, 0.15) is 0 Å². The summed E-state index contributed by atoms with van der Waals surface area (Å²) in [6, 6.07) is 0. The molecule has 0 bridgehead atoms. The Morgan fingerprint density at radius 1 is 1.73 bits per heavy atom. The highest BCUT2D eigenvalue weighted by Gasteiger charge is 1.94. The number of thiazole rings is 1. The smallest absolute Gasteiger partial charge is 0.211 e. The van der Waals surface area contributed by atoms with E-state index in [1.54, 1.807) is 11.7 Å². The molecule has 0 aliphatic rings. The van der Waals surface area contributed by atoms with Crippen LogP contribution in [0.15, 0.2) is 10.4 Å². The fraction of sp³-hybridized carbons (Fsp3) is 0.333. The number of nitrogens with zero attached hydrogens (tertiary/aromatic N) is 3. The molecule has 0 aromatic carbocycles. The molecular formula is C6H8ClN3S. The van der Waals surface area contributed by atoms with E-state index in [4.69, 9.17) is 11.6 Å². The molecule has 0 spiro atoms. The molecule has 0 saturated carbocycles. The lowest BCUT2D eigenvalue weighted by atomic mass is 10.9. The normalized spacial score (nSPS) is 10.8. The third-order valence-electron chi connectivity index (χ3n) is 0.863. The number of rotatable bonds is 2. The van der Waals surface area contributed by atoms with Crippen LogP contribution < -0.4 is 0 Å². The highest BCUT2D eigenvalue weighted by atomic mass is 35.5. The van der Waals surface area contributed by atoms with Crippen LogP contribution in [0, 0.1) is 0 Å². The number of aromatic nitrogens is 1. The second-order valence-corrected chi connectivity index (χ2v) is 3.38. The summed E-state index contributed by atoms with van der Waals surface area (Å²) in [5, 5.41) is 2.94. The molecule has 0 fully saturated rings. The summed E-state index contributed by atoms with van der Waals surface area (Å²) in [7, 11) is 3.80. The molecule has 0 saturated heterocycles. The minimum atomic E-state index is 0.501. The highest BCUT2D eigenvalue weighted by molar-refractivity contribution is 7.13. The number of hydrogen-bond donors (Lipinski definition) is 0.